The summed E-state index contributed by atoms with van der Waals surface area (Å²) in [6, 6.07) is 7.50. The van der Waals surface area contributed by atoms with Crippen molar-refractivity contribution in [2.75, 3.05) is 31.1 Å². The van der Waals surface area contributed by atoms with Crippen LogP contribution in [0.25, 0.3) is 0 Å². The third kappa shape index (κ3) is 3.66. The molecule has 0 spiro atoms. The van der Waals surface area contributed by atoms with Gasteiger partial charge >= 0.3 is 0 Å². The highest BCUT2D eigenvalue weighted by Gasteiger charge is 2.12. The monoisotopic (exact) mass is 338 g/mol. The summed E-state index contributed by atoms with van der Waals surface area (Å²) >= 11 is 0. The van der Waals surface area contributed by atoms with Crippen LogP contribution in [-0.4, -0.2) is 31.3 Å². The molecule has 1 aromatic carbocycles. The molecule has 0 radical (unpaired) electrons. The van der Waals surface area contributed by atoms with Gasteiger partial charge in [-0.1, -0.05) is 12.1 Å². The Balaban J connectivity index is 0.000000980. The first-order valence-electron chi connectivity index (χ1n) is 4.61. The van der Waals surface area contributed by atoms with Crippen LogP contribution < -0.4 is 10.2 Å². The van der Waals surface area contributed by atoms with Crippen LogP contribution in [0.4, 0.5) is 5.69 Å². The molecule has 0 atom stereocenters. The van der Waals surface area contributed by atoms with Crippen molar-refractivity contribution < 1.29 is 5.11 Å². The van der Waals surface area contributed by atoms with Crippen molar-refractivity contribution in [3.8, 4) is 5.75 Å². The average molecular weight is 340 g/mol. The lowest BCUT2D eigenvalue weighted by Crippen LogP contribution is -2.43. The molecule has 5 heteroatoms. The van der Waals surface area contributed by atoms with Gasteiger partial charge in [-0.15, -0.1) is 34.0 Å². The summed E-state index contributed by atoms with van der Waals surface area (Å²) in [7, 11) is 0. The van der Waals surface area contributed by atoms with Crippen molar-refractivity contribution in [2.24, 2.45) is 0 Å². The number of anilines is 1. The maximum absolute atomic E-state index is 9.60. The van der Waals surface area contributed by atoms with Crippen LogP contribution in [0.1, 0.15) is 0 Å². The van der Waals surface area contributed by atoms with Crippen molar-refractivity contribution in [3.05, 3.63) is 24.3 Å². The highest BCUT2D eigenvalue weighted by atomic mass is 79.9. The number of aromatic hydroxyl groups is 1. The van der Waals surface area contributed by atoms with Gasteiger partial charge in [-0.3, -0.25) is 0 Å². The molecule has 1 aliphatic heterocycles. The average Bonchev–Trinajstić information content (AvgIpc) is 2.20. The molecule has 2 rings (SSSR count). The highest BCUT2D eigenvalue weighted by molar-refractivity contribution is 8.93. The molecule has 0 aromatic heterocycles. The fourth-order valence-corrected chi connectivity index (χ4v) is 1.64. The highest BCUT2D eigenvalue weighted by Crippen LogP contribution is 2.26. The van der Waals surface area contributed by atoms with Gasteiger partial charge in [0.15, 0.2) is 0 Å². The molecule has 3 nitrogen and oxygen atoms in total. The predicted octanol–water partition coefficient (Wildman–Crippen LogP) is 1.96. The van der Waals surface area contributed by atoms with Crippen molar-refractivity contribution >= 4 is 39.7 Å². The zero-order valence-corrected chi connectivity index (χ0v) is 11.8. The van der Waals surface area contributed by atoms with Crippen LogP contribution in [0, 0.1) is 0 Å². The topological polar surface area (TPSA) is 35.5 Å². The SMILES string of the molecule is Br.Br.Oc1ccccc1N1CCNCC1. The van der Waals surface area contributed by atoms with Gasteiger partial charge in [-0.25, -0.2) is 0 Å². The number of phenols is 1. The molecule has 15 heavy (non-hydrogen) atoms. The first kappa shape index (κ1) is 14.7. The minimum Gasteiger partial charge on any atom is -0.506 e. The molecule has 1 aromatic rings. The molecule has 1 aliphatic rings. The summed E-state index contributed by atoms with van der Waals surface area (Å²) in [5.74, 6) is 0.379. The number of halogens is 2. The second-order valence-electron chi connectivity index (χ2n) is 3.23. The van der Waals surface area contributed by atoms with Gasteiger partial charge in [0, 0.05) is 26.2 Å². The maximum Gasteiger partial charge on any atom is 0.138 e. The number of hydrogen-bond acceptors (Lipinski definition) is 3. The zero-order valence-electron chi connectivity index (χ0n) is 8.35. The Hall–Kier alpha value is -0.260. The number of nitrogens with one attached hydrogen (secondary N) is 1. The Bertz CT molecular complexity index is 291. The molecule has 2 N–H and O–H groups in total. The lowest BCUT2D eigenvalue weighted by atomic mass is 10.2. The summed E-state index contributed by atoms with van der Waals surface area (Å²) in [6.07, 6.45) is 0. The minimum atomic E-state index is 0. The summed E-state index contributed by atoms with van der Waals surface area (Å²) in [5.41, 5.74) is 0.948. The van der Waals surface area contributed by atoms with E-state index >= 15 is 0 Å². The predicted molar refractivity (Wildman–Crippen MR) is 73.8 cm³/mol. The van der Waals surface area contributed by atoms with Crippen LogP contribution in [0.3, 0.4) is 0 Å². The van der Waals surface area contributed by atoms with E-state index < -0.39 is 0 Å². The van der Waals surface area contributed by atoms with E-state index in [0.29, 0.717) is 5.75 Å². The van der Waals surface area contributed by atoms with Crippen LogP contribution in [0.5, 0.6) is 5.75 Å². The van der Waals surface area contributed by atoms with E-state index in [4.69, 9.17) is 0 Å². The van der Waals surface area contributed by atoms with E-state index in [1.807, 2.05) is 18.2 Å². The van der Waals surface area contributed by atoms with Crippen LogP contribution in [-0.2, 0) is 0 Å². The van der Waals surface area contributed by atoms with E-state index in [1.165, 1.54) is 0 Å². The molecule has 1 heterocycles. The summed E-state index contributed by atoms with van der Waals surface area (Å²) in [6.45, 7) is 3.93. The van der Waals surface area contributed by atoms with E-state index in [1.54, 1.807) is 6.07 Å². The van der Waals surface area contributed by atoms with E-state index in [2.05, 4.69) is 10.2 Å². The van der Waals surface area contributed by atoms with Crippen LogP contribution in [0.2, 0.25) is 0 Å². The molecular formula is C10H16Br2N2O. The Morgan fingerprint density at radius 3 is 2.27 bits per heavy atom. The maximum atomic E-state index is 9.60. The Morgan fingerprint density at radius 2 is 1.67 bits per heavy atom. The van der Waals surface area contributed by atoms with Gasteiger partial charge in [0.1, 0.15) is 5.75 Å². The molecular weight excluding hydrogens is 324 g/mol. The van der Waals surface area contributed by atoms with Gasteiger partial charge in [-0.2, -0.15) is 0 Å². The Kier molecular flexibility index (Phi) is 6.96. The van der Waals surface area contributed by atoms with Gasteiger partial charge in [0.05, 0.1) is 5.69 Å². The summed E-state index contributed by atoms with van der Waals surface area (Å²) < 4.78 is 0. The largest absolute Gasteiger partial charge is 0.506 e. The van der Waals surface area contributed by atoms with Crippen LogP contribution >= 0.6 is 34.0 Å². The third-order valence-electron chi connectivity index (χ3n) is 2.34. The first-order chi connectivity index (χ1) is 6.38. The standard InChI is InChI=1S/C10H14N2O.2BrH/c13-10-4-2-1-3-9(10)12-7-5-11-6-8-12;;/h1-4,11,13H,5-8H2;2*1H. The number of benzene rings is 1. The molecule has 0 saturated carbocycles. The summed E-state index contributed by atoms with van der Waals surface area (Å²) in [5, 5.41) is 12.9. The van der Waals surface area contributed by atoms with Crippen molar-refractivity contribution in [1.29, 1.82) is 0 Å². The third-order valence-corrected chi connectivity index (χ3v) is 2.34. The molecule has 1 fully saturated rings. The van der Waals surface area contributed by atoms with Crippen molar-refractivity contribution in [3.63, 3.8) is 0 Å². The van der Waals surface area contributed by atoms with Gasteiger partial charge in [0.25, 0.3) is 0 Å². The summed E-state index contributed by atoms with van der Waals surface area (Å²) in [4.78, 5) is 2.20. The van der Waals surface area contributed by atoms with Crippen LogP contribution in [0.15, 0.2) is 24.3 Å². The smallest absolute Gasteiger partial charge is 0.138 e. The van der Waals surface area contributed by atoms with Gasteiger partial charge in [-0.05, 0) is 12.1 Å². The fourth-order valence-electron chi connectivity index (χ4n) is 1.64. The molecule has 1 saturated heterocycles. The number of phenolic OH excluding ortho intramolecular Hbond substituents is 1. The molecule has 0 amide bonds. The number of rotatable bonds is 1. The quantitative estimate of drug-likeness (QED) is 0.821. The van der Waals surface area contributed by atoms with Crippen molar-refractivity contribution in [1.82, 2.24) is 5.32 Å². The fraction of sp³-hybridized carbons (Fsp3) is 0.400. The number of nitrogens with zero attached hydrogens (tertiary/aromatic N) is 1. The number of para-hydroxylation sites is 2. The normalized spacial score (nSPS) is 15.1. The van der Waals surface area contributed by atoms with E-state index in [9.17, 15) is 5.11 Å². The molecule has 0 aliphatic carbocycles. The van der Waals surface area contributed by atoms with Gasteiger partial charge < -0.3 is 15.3 Å². The lowest BCUT2D eigenvalue weighted by molar-refractivity contribution is 0.470. The molecule has 86 valence electrons. The molecule has 0 unspecified atom stereocenters. The Morgan fingerprint density at radius 1 is 1.07 bits per heavy atom. The minimum absolute atomic E-state index is 0. The second-order valence-corrected chi connectivity index (χ2v) is 3.23. The first-order valence-corrected chi connectivity index (χ1v) is 4.61. The van der Waals surface area contributed by atoms with E-state index in [0.717, 1.165) is 31.9 Å². The van der Waals surface area contributed by atoms with Crippen molar-refractivity contribution in [2.45, 2.75) is 0 Å². The zero-order chi connectivity index (χ0) is 9.10. The molecule has 0 bridgehead atoms. The van der Waals surface area contributed by atoms with Gasteiger partial charge in [0.2, 0.25) is 0 Å². The number of piperazine rings is 1. The van der Waals surface area contributed by atoms with E-state index in [-0.39, 0.29) is 34.0 Å². The lowest BCUT2D eigenvalue weighted by Gasteiger charge is -2.29. The number of hydrogen-bond donors (Lipinski definition) is 2. The Labute approximate surface area is 111 Å². The second kappa shape index (κ2) is 7.09.